The van der Waals surface area contributed by atoms with Crippen LogP contribution in [0.2, 0.25) is 0 Å². The molecule has 1 aliphatic rings. The molecule has 2 aromatic carbocycles. The minimum absolute atomic E-state index is 0.132. The second-order valence-corrected chi connectivity index (χ2v) is 10.0. The van der Waals surface area contributed by atoms with Crippen molar-refractivity contribution in [3.05, 3.63) is 89.2 Å². The maximum Gasteiger partial charge on any atom is 0.416 e. The summed E-state index contributed by atoms with van der Waals surface area (Å²) in [5.41, 5.74) is -1.69. The number of carbonyl (C=O) groups excluding carboxylic acids is 1. The Morgan fingerprint density at radius 2 is 1.64 bits per heavy atom. The molecule has 1 atom stereocenters. The maximum atomic E-state index is 14.6. The highest BCUT2D eigenvalue weighted by atomic mass is 19.4. The summed E-state index contributed by atoms with van der Waals surface area (Å²) in [6.07, 6.45) is -3.32. The molecular weight excluding hydrogens is 470 g/mol. The molecule has 36 heavy (non-hydrogen) atoms. The van der Waals surface area contributed by atoms with Crippen molar-refractivity contribution in [1.82, 2.24) is 4.98 Å². The summed E-state index contributed by atoms with van der Waals surface area (Å²) in [6.45, 7) is 2.73. The number of rotatable bonds is 6. The molecule has 3 aromatic rings. The molecule has 0 radical (unpaired) electrons. The molecule has 1 unspecified atom stereocenters. The second kappa shape index (κ2) is 9.77. The molecule has 0 amide bonds. The van der Waals surface area contributed by atoms with E-state index in [1.807, 2.05) is 48.5 Å². The number of benzene rings is 2. The van der Waals surface area contributed by atoms with Gasteiger partial charge in [0.05, 0.1) is 11.2 Å². The molecule has 7 heteroatoms. The van der Waals surface area contributed by atoms with Crippen LogP contribution in [0, 0.1) is 6.92 Å². The predicted molar refractivity (Wildman–Crippen MR) is 130 cm³/mol. The fourth-order valence-corrected chi connectivity index (χ4v) is 5.14. The molecule has 1 fully saturated rings. The summed E-state index contributed by atoms with van der Waals surface area (Å²) in [5.74, 6) is -1.32. The third kappa shape index (κ3) is 5.51. The Morgan fingerprint density at radius 1 is 1.00 bits per heavy atom. The zero-order chi connectivity index (χ0) is 26.1. The standard InChI is InChI=1S/C29H29F4NO2/c1-19-23(29(31,32)33)11-16-34-26(19)25(35)18-24(28(36)14-12-27(2,30)13-15-28)22-10-6-9-21(17-22)20-7-4-3-5-8-20/h3-11,16-17,24,36H,12-15,18H2,1-2H3. The van der Waals surface area contributed by atoms with Gasteiger partial charge in [0, 0.05) is 18.5 Å². The van der Waals surface area contributed by atoms with E-state index in [2.05, 4.69) is 4.98 Å². The van der Waals surface area contributed by atoms with Crippen molar-refractivity contribution in [3.63, 3.8) is 0 Å². The second-order valence-electron chi connectivity index (χ2n) is 10.0. The lowest BCUT2D eigenvalue weighted by atomic mass is 9.67. The van der Waals surface area contributed by atoms with Crippen LogP contribution in [0.1, 0.15) is 72.1 Å². The number of ketones is 1. The zero-order valence-electron chi connectivity index (χ0n) is 20.3. The largest absolute Gasteiger partial charge is 0.416 e. The number of aliphatic hydroxyl groups is 1. The molecular formula is C29H29F4NO2. The van der Waals surface area contributed by atoms with Gasteiger partial charge >= 0.3 is 6.18 Å². The van der Waals surface area contributed by atoms with Crippen molar-refractivity contribution >= 4 is 5.78 Å². The molecule has 0 spiro atoms. The van der Waals surface area contributed by atoms with Gasteiger partial charge in [-0.15, -0.1) is 0 Å². The van der Waals surface area contributed by atoms with Crippen LogP contribution in [0.4, 0.5) is 17.6 Å². The number of hydrogen-bond donors (Lipinski definition) is 1. The summed E-state index contributed by atoms with van der Waals surface area (Å²) in [4.78, 5) is 17.3. The highest BCUT2D eigenvalue weighted by Crippen LogP contribution is 2.47. The third-order valence-corrected chi connectivity index (χ3v) is 7.37. The molecule has 3 nitrogen and oxygen atoms in total. The summed E-state index contributed by atoms with van der Waals surface area (Å²) in [5, 5.41) is 11.7. The van der Waals surface area contributed by atoms with Gasteiger partial charge in [-0.1, -0.05) is 54.6 Å². The van der Waals surface area contributed by atoms with Crippen molar-refractivity contribution in [2.75, 3.05) is 0 Å². The van der Waals surface area contributed by atoms with E-state index < -0.39 is 34.7 Å². The summed E-state index contributed by atoms with van der Waals surface area (Å²) in [7, 11) is 0. The van der Waals surface area contributed by atoms with Gasteiger partial charge in [0.1, 0.15) is 11.4 Å². The highest BCUT2D eigenvalue weighted by Gasteiger charge is 2.46. The van der Waals surface area contributed by atoms with E-state index in [4.69, 9.17) is 0 Å². The van der Waals surface area contributed by atoms with E-state index in [-0.39, 0.29) is 43.4 Å². The number of pyridine rings is 1. The van der Waals surface area contributed by atoms with Crippen molar-refractivity contribution < 1.29 is 27.5 Å². The number of hydrogen-bond acceptors (Lipinski definition) is 3. The molecule has 1 aromatic heterocycles. The average Bonchev–Trinajstić information content (AvgIpc) is 2.84. The van der Waals surface area contributed by atoms with E-state index in [0.717, 1.165) is 23.4 Å². The number of halogens is 4. The van der Waals surface area contributed by atoms with Crippen LogP contribution in [0.5, 0.6) is 0 Å². The number of alkyl halides is 4. The first-order valence-electron chi connectivity index (χ1n) is 12.0. The molecule has 0 aliphatic heterocycles. The number of aromatic nitrogens is 1. The Bertz CT molecular complexity index is 1230. The Labute approximate surface area is 208 Å². The van der Waals surface area contributed by atoms with Crippen LogP contribution in [-0.4, -0.2) is 27.1 Å². The maximum absolute atomic E-state index is 14.6. The molecule has 0 bridgehead atoms. The Balaban J connectivity index is 1.73. The van der Waals surface area contributed by atoms with E-state index in [1.54, 1.807) is 6.07 Å². The van der Waals surface area contributed by atoms with Gasteiger partial charge in [-0.3, -0.25) is 9.78 Å². The van der Waals surface area contributed by atoms with Gasteiger partial charge in [-0.05, 0) is 67.9 Å². The molecule has 1 N–H and O–H groups in total. The highest BCUT2D eigenvalue weighted by molar-refractivity contribution is 5.96. The van der Waals surface area contributed by atoms with E-state index in [1.165, 1.54) is 13.8 Å². The van der Waals surface area contributed by atoms with Crippen molar-refractivity contribution in [1.29, 1.82) is 0 Å². The number of carbonyl (C=O) groups is 1. The van der Waals surface area contributed by atoms with Crippen LogP contribution < -0.4 is 0 Å². The number of Topliss-reactive ketones (excluding diaryl/α,β-unsaturated/α-hetero) is 1. The van der Waals surface area contributed by atoms with Crippen LogP contribution in [0.15, 0.2) is 66.9 Å². The van der Waals surface area contributed by atoms with Crippen LogP contribution in [0.25, 0.3) is 11.1 Å². The molecule has 190 valence electrons. The van der Waals surface area contributed by atoms with Crippen LogP contribution in [-0.2, 0) is 6.18 Å². The molecule has 4 rings (SSSR count). The number of nitrogens with zero attached hydrogens (tertiary/aromatic N) is 1. The fraction of sp³-hybridized carbons (Fsp3) is 0.379. The van der Waals surface area contributed by atoms with Crippen molar-refractivity contribution in [2.24, 2.45) is 0 Å². The normalized spacial score (nSPS) is 23.3. The lowest BCUT2D eigenvalue weighted by Crippen LogP contribution is -2.44. The smallest absolute Gasteiger partial charge is 0.389 e. The van der Waals surface area contributed by atoms with E-state index in [9.17, 15) is 27.5 Å². The molecule has 1 heterocycles. The zero-order valence-corrected chi connectivity index (χ0v) is 20.3. The summed E-state index contributed by atoms with van der Waals surface area (Å²) in [6, 6.07) is 17.9. The van der Waals surface area contributed by atoms with Crippen LogP contribution in [0.3, 0.4) is 0 Å². The topological polar surface area (TPSA) is 50.2 Å². The van der Waals surface area contributed by atoms with Crippen molar-refractivity contribution in [3.8, 4) is 11.1 Å². The average molecular weight is 500 g/mol. The van der Waals surface area contributed by atoms with E-state index >= 15 is 0 Å². The molecule has 0 saturated heterocycles. The molecule has 1 aliphatic carbocycles. The van der Waals surface area contributed by atoms with Crippen molar-refractivity contribution in [2.45, 2.75) is 69.3 Å². The first kappa shape index (κ1) is 26.0. The van der Waals surface area contributed by atoms with Gasteiger partial charge in [0.2, 0.25) is 0 Å². The lowest BCUT2D eigenvalue weighted by molar-refractivity contribution is -0.138. The van der Waals surface area contributed by atoms with Gasteiger partial charge in [-0.2, -0.15) is 13.2 Å². The van der Waals surface area contributed by atoms with E-state index in [0.29, 0.717) is 5.56 Å². The Hall–Kier alpha value is -3.06. The SMILES string of the molecule is Cc1c(C(F)(F)F)ccnc1C(=O)CC(c1cccc(-c2ccccc2)c1)C1(O)CCC(C)(F)CC1. The minimum Gasteiger partial charge on any atom is -0.389 e. The summed E-state index contributed by atoms with van der Waals surface area (Å²) < 4.78 is 54.9. The predicted octanol–water partition coefficient (Wildman–Crippen LogP) is 7.47. The fourth-order valence-electron chi connectivity index (χ4n) is 5.14. The Morgan fingerprint density at radius 3 is 2.28 bits per heavy atom. The first-order chi connectivity index (χ1) is 16.9. The Kier molecular flexibility index (Phi) is 7.06. The minimum atomic E-state index is -4.61. The summed E-state index contributed by atoms with van der Waals surface area (Å²) >= 11 is 0. The van der Waals surface area contributed by atoms with Gasteiger partial charge < -0.3 is 5.11 Å². The monoisotopic (exact) mass is 499 g/mol. The third-order valence-electron chi connectivity index (χ3n) is 7.37. The first-order valence-corrected chi connectivity index (χ1v) is 12.0. The van der Waals surface area contributed by atoms with Gasteiger partial charge in [0.25, 0.3) is 0 Å². The quantitative estimate of drug-likeness (QED) is 0.283. The lowest BCUT2D eigenvalue weighted by Gasteiger charge is -2.43. The van der Waals surface area contributed by atoms with Crippen LogP contribution >= 0.6 is 0 Å². The molecule has 1 saturated carbocycles. The van der Waals surface area contributed by atoms with Gasteiger partial charge in [-0.25, -0.2) is 4.39 Å². The van der Waals surface area contributed by atoms with Gasteiger partial charge in [0.15, 0.2) is 5.78 Å².